The summed E-state index contributed by atoms with van der Waals surface area (Å²) in [6.45, 7) is 0.902. The second-order valence-electron chi connectivity index (χ2n) is 6.83. The fourth-order valence-electron chi connectivity index (χ4n) is 4.75. The van der Waals surface area contributed by atoms with E-state index in [1.807, 2.05) is 18.2 Å². The van der Waals surface area contributed by atoms with Gasteiger partial charge in [-0.25, -0.2) is 9.69 Å². The number of hydrogen-bond donors (Lipinski definition) is 2. The van der Waals surface area contributed by atoms with Gasteiger partial charge in [-0.3, -0.25) is 0 Å². The van der Waals surface area contributed by atoms with E-state index in [0.717, 1.165) is 29.1 Å². The Bertz CT molecular complexity index is 803. The zero-order valence-corrected chi connectivity index (χ0v) is 13.1. The third-order valence-corrected chi connectivity index (χ3v) is 5.78. The van der Waals surface area contributed by atoms with E-state index in [4.69, 9.17) is 0 Å². The Kier molecular flexibility index (Phi) is 2.62. The van der Waals surface area contributed by atoms with E-state index in [1.165, 1.54) is 11.3 Å². The van der Waals surface area contributed by atoms with Crippen LogP contribution >= 0.6 is 0 Å². The number of anilines is 2. The highest BCUT2D eigenvalue weighted by molar-refractivity contribution is 5.96. The first-order valence-electron chi connectivity index (χ1n) is 8.33. The van der Waals surface area contributed by atoms with Crippen LogP contribution in [0.5, 0.6) is 0 Å². The van der Waals surface area contributed by atoms with Crippen LogP contribution in [0.25, 0.3) is 0 Å². The Morgan fingerprint density at radius 3 is 2.83 bits per heavy atom. The lowest BCUT2D eigenvalue weighted by molar-refractivity contribution is -0.850. The van der Waals surface area contributed by atoms with Crippen molar-refractivity contribution < 1.29 is 9.69 Å². The van der Waals surface area contributed by atoms with Crippen LogP contribution in [0.1, 0.15) is 28.3 Å². The summed E-state index contributed by atoms with van der Waals surface area (Å²) in [6, 6.07) is 16.9. The zero-order chi connectivity index (χ0) is 15.6. The zero-order valence-electron chi connectivity index (χ0n) is 13.1. The number of benzene rings is 2. The van der Waals surface area contributed by atoms with Gasteiger partial charge in [0.15, 0.2) is 6.17 Å². The van der Waals surface area contributed by atoms with Crippen molar-refractivity contribution in [1.29, 1.82) is 0 Å². The summed E-state index contributed by atoms with van der Waals surface area (Å²) in [4.78, 5) is 16.4. The summed E-state index contributed by atoms with van der Waals surface area (Å²) < 4.78 is 0. The van der Waals surface area contributed by atoms with Gasteiger partial charge in [-0.2, -0.15) is 0 Å². The number of quaternary nitrogens is 1. The molecule has 4 atom stereocenters. The van der Waals surface area contributed by atoms with Gasteiger partial charge in [0.2, 0.25) is 0 Å². The SMILES string of the molecule is CN1c2ccccc2C(=O)[NH+]2CC[C@H]3c4ccccc4N[C@H]3C12. The molecule has 2 unspecified atom stereocenters. The van der Waals surface area contributed by atoms with E-state index in [2.05, 4.69) is 47.6 Å². The predicted octanol–water partition coefficient (Wildman–Crippen LogP) is 1.47. The smallest absolute Gasteiger partial charge is 0.348 e. The van der Waals surface area contributed by atoms with Gasteiger partial charge in [-0.1, -0.05) is 30.3 Å². The van der Waals surface area contributed by atoms with Crippen molar-refractivity contribution in [3.8, 4) is 0 Å². The Labute approximate surface area is 135 Å². The van der Waals surface area contributed by atoms with Crippen molar-refractivity contribution >= 4 is 17.3 Å². The molecule has 4 heteroatoms. The molecular formula is C19H20N3O+. The number of piperidine rings is 1. The van der Waals surface area contributed by atoms with Crippen molar-refractivity contribution in [3.63, 3.8) is 0 Å². The third-order valence-electron chi connectivity index (χ3n) is 5.78. The molecule has 4 nitrogen and oxygen atoms in total. The number of fused-ring (bicyclic) bond motifs is 6. The summed E-state index contributed by atoms with van der Waals surface area (Å²) in [5.41, 5.74) is 4.57. The Morgan fingerprint density at radius 2 is 1.91 bits per heavy atom. The molecule has 0 bridgehead atoms. The Morgan fingerprint density at radius 1 is 1.13 bits per heavy atom. The minimum Gasteiger partial charge on any atom is -0.374 e. The summed E-state index contributed by atoms with van der Waals surface area (Å²) in [7, 11) is 2.13. The average Bonchev–Trinajstić information content (AvgIpc) is 2.98. The molecule has 1 saturated heterocycles. The quantitative estimate of drug-likeness (QED) is 0.774. The highest BCUT2D eigenvalue weighted by Gasteiger charge is 2.53. The van der Waals surface area contributed by atoms with E-state index < -0.39 is 0 Å². The van der Waals surface area contributed by atoms with E-state index in [-0.39, 0.29) is 12.1 Å². The summed E-state index contributed by atoms with van der Waals surface area (Å²) in [5.74, 6) is 0.750. The Balaban J connectivity index is 1.60. The van der Waals surface area contributed by atoms with Crippen molar-refractivity contribution in [1.82, 2.24) is 0 Å². The summed E-state index contributed by atoms with van der Waals surface area (Å²) in [5, 5.41) is 3.70. The van der Waals surface area contributed by atoms with Gasteiger partial charge in [0.05, 0.1) is 12.2 Å². The molecule has 116 valence electrons. The number of nitrogens with one attached hydrogen (secondary N) is 2. The van der Waals surface area contributed by atoms with E-state index >= 15 is 0 Å². The highest BCUT2D eigenvalue weighted by atomic mass is 16.2. The molecule has 2 N–H and O–H groups in total. The molecule has 3 aliphatic rings. The molecule has 2 aromatic carbocycles. The van der Waals surface area contributed by atoms with Gasteiger partial charge in [0.1, 0.15) is 11.6 Å². The van der Waals surface area contributed by atoms with Crippen LogP contribution in [-0.4, -0.2) is 31.7 Å². The average molecular weight is 306 g/mol. The molecule has 0 spiro atoms. The maximum atomic E-state index is 13.0. The Hall–Kier alpha value is -2.33. The standard InChI is InChI=1S/C19H19N3O/c1-21-16-9-5-3-7-14(16)19(23)22-11-10-13-12-6-2-4-8-15(12)20-17(13)18(21)22/h2-9,13,17-18,20H,10-11H2,1H3/p+1/t13-,17+,18?/m0/s1. The number of carbonyl (C=O) groups excluding carboxylic acids is 1. The molecule has 0 aromatic heterocycles. The summed E-state index contributed by atoms with van der Waals surface area (Å²) in [6.07, 6.45) is 1.21. The van der Waals surface area contributed by atoms with Crippen LogP contribution < -0.4 is 15.1 Å². The number of rotatable bonds is 0. The minimum atomic E-state index is 0.156. The van der Waals surface area contributed by atoms with Crippen molar-refractivity contribution in [3.05, 3.63) is 59.7 Å². The number of hydrogen-bond acceptors (Lipinski definition) is 3. The van der Waals surface area contributed by atoms with E-state index in [9.17, 15) is 4.79 Å². The lowest BCUT2D eigenvalue weighted by Gasteiger charge is -2.46. The van der Waals surface area contributed by atoms with Gasteiger partial charge < -0.3 is 10.2 Å². The maximum absolute atomic E-state index is 13.0. The minimum absolute atomic E-state index is 0.156. The highest BCUT2D eigenvalue weighted by Crippen LogP contribution is 2.41. The molecule has 1 fully saturated rings. The summed E-state index contributed by atoms with van der Waals surface area (Å²) >= 11 is 0. The van der Waals surface area contributed by atoms with Crippen molar-refractivity contribution in [2.75, 3.05) is 23.8 Å². The molecule has 1 amide bonds. The van der Waals surface area contributed by atoms with E-state index in [0.29, 0.717) is 12.0 Å². The first-order valence-corrected chi connectivity index (χ1v) is 8.33. The molecule has 0 saturated carbocycles. The van der Waals surface area contributed by atoms with Crippen LogP contribution in [0.15, 0.2) is 48.5 Å². The molecule has 0 radical (unpaired) electrons. The third kappa shape index (κ3) is 1.67. The molecule has 5 rings (SSSR count). The molecular weight excluding hydrogens is 286 g/mol. The number of amides is 1. The lowest BCUT2D eigenvalue weighted by atomic mass is 9.84. The monoisotopic (exact) mass is 306 g/mol. The van der Waals surface area contributed by atoms with Crippen LogP contribution in [-0.2, 0) is 0 Å². The topological polar surface area (TPSA) is 36.8 Å². The van der Waals surface area contributed by atoms with Crippen LogP contribution in [0, 0.1) is 0 Å². The van der Waals surface area contributed by atoms with Gasteiger partial charge in [-0.15, -0.1) is 0 Å². The fourth-order valence-corrected chi connectivity index (χ4v) is 4.75. The second-order valence-corrected chi connectivity index (χ2v) is 6.83. The second kappa shape index (κ2) is 4.59. The first kappa shape index (κ1) is 13.1. The van der Waals surface area contributed by atoms with Gasteiger partial charge >= 0.3 is 5.91 Å². The maximum Gasteiger partial charge on any atom is 0.348 e. The number of likely N-dealkylation sites (N-methyl/N-ethyl adjacent to an activating group) is 1. The normalized spacial score (nSPS) is 30.8. The van der Waals surface area contributed by atoms with Crippen LogP contribution in [0.3, 0.4) is 0 Å². The van der Waals surface area contributed by atoms with Crippen LogP contribution in [0.4, 0.5) is 11.4 Å². The first-order chi connectivity index (χ1) is 11.3. The van der Waals surface area contributed by atoms with Gasteiger partial charge in [-0.05, 0) is 23.8 Å². The number of nitrogens with zero attached hydrogens (tertiary/aromatic N) is 1. The lowest BCUT2D eigenvalue weighted by Crippen LogP contribution is -3.23. The van der Waals surface area contributed by atoms with Crippen molar-refractivity contribution in [2.45, 2.75) is 24.5 Å². The largest absolute Gasteiger partial charge is 0.374 e. The molecule has 3 heterocycles. The van der Waals surface area contributed by atoms with Crippen molar-refractivity contribution in [2.24, 2.45) is 0 Å². The fraction of sp³-hybridized carbons (Fsp3) is 0.316. The number of para-hydroxylation sites is 2. The molecule has 0 aliphatic carbocycles. The van der Waals surface area contributed by atoms with Crippen LogP contribution in [0.2, 0.25) is 0 Å². The molecule has 23 heavy (non-hydrogen) atoms. The molecule has 2 aromatic rings. The molecule has 3 aliphatic heterocycles. The number of carbonyl (C=O) groups is 1. The van der Waals surface area contributed by atoms with Gasteiger partial charge in [0.25, 0.3) is 0 Å². The van der Waals surface area contributed by atoms with Gasteiger partial charge in [0, 0.05) is 25.1 Å². The predicted molar refractivity (Wildman–Crippen MR) is 90.0 cm³/mol. The van der Waals surface area contributed by atoms with E-state index in [1.54, 1.807) is 0 Å².